The smallest absolute Gasteiger partial charge is 0.256 e. The van der Waals surface area contributed by atoms with E-state index in [0.717, 1.165) is 16.9 Å². The molecule has 0 radical (unpaired) electrons. The predicted octanol–water partition coefficient (Wildman–Crippen LogP) is 2.09. The van der Waals surface area contributed by atoms with Gasteiger partial charge in [0, 0.05) is 5.56 Å². The number of nitrogens with zero attached hydrogens (tertiary/aromatic N) is 6. The molecule has 0 bridgehead atoms. The average molecular weight is 303 g/mol. The SMILES string of the molecule is COc1ccc(-c2nc(Cl)nc(-n3cncn3)n2)c(C)c1. The van der Waals surface area contributed by atoms with Gasteiger partial charge in [0.2, 0.25) is 5.28 Å². The van der Waals surface area contributed by atoms with Crippen molar-refractivity contribution >= 4 is 11.6 Å². The van der Waals surface area contributed by atoms with E-state index in [1.807, 2.05) is 25.1 Å². The first-order valence-electron chi connectivity index (χ1n) is 6.09. The Morgan fingerprint density at radius 3 is 2.71 bits per heavy atom. The van der Waals surface area contributed by atoms with Gasteiger partial charge in [0.15, 0.2) is 5.82 Å². The van der Waals surface area contributed by atoms with Crippen molar-refractivity contribution in [1.82, 2.24) is 29.7 Å². The van der Waals surface area contributed by atoms with Crippen LogP contribution in [0.3, 0.4) is 0 Å². The summed E-state index contributed by atoms with van der Waals surface area (Å²) < 4.78 is 6.62. The number of methoxy groups -OCH3 is 1. The van der Waals surface area contributed by atoms with Crippen molar-refractivity contribution in [2.75, 3.05) is 7.11 Å². The van der Waals surface area contributed by atoms with Crippen molar-refractivity contribution in [3.63, 3.8) is 0 Å². The number of halogens is 1. The third-order valence-corrected chi connectivity index (χ3v) is 3.06. The van der Waals surface area contributed by atoms with Gasteiger partial charge < -0.3 is 4.74 Å². The molecule has 0 N–H and O–H groups in total. The summed E-state index contributed by atoms with van der Waals surface area (Å²) in [7, 11) is 1.62. The summed E-state index contributed by atoms with van der Waals surface area (Å²) in [5, 5.41) is 4.08. The van der Waals surface area contributed by atoms with Crippen molar-refractivity contribution in [1.29, 1.82) is 0 Å². The Morgan fingerprint density at radius 2 is 2.05 bits per heavy atom. The van der Waals surface area contributed by atoms with Gasteiger partial charge in [-0.2, -0.15) is 24.7 Å². The summed E-state index contributed by atoms with van der Waals surface area (Å²) in [5.41, 5.74) is 1.82. The first-order chi connectivity index (χ1) is 10.2. The average Bonchev–Trinajstić information content (AvgIpc) is 3.00. The summed E-state index contributed by atoms with van der Waals surface area (Å²) in [6, 6.07) is 5.63. The minimum atomic E-state index is 0.0979. The molecule has 2 heterocycles. The van der Waals surface area contributed by atoms with Crippen LogP contribution in [-0.4, -0.2) is 36.8 Å². The number of hydrogen-bond donors (Lipinski definition) is 0. The summed E-state index contributed by atoms with van der Waals surface area (Å²) in [5.74, 6) is 1.56. The predicted molar refractivity (Wildman–Crippen MR) is 76.5 cm³/mol. The van der Waals surface area contributed by atoms with Gasteiger partial charge in [-0.05, 0) is 42.3 Å². The van der Waals surface area contributed by atoms with E-state index in [9.17, 15) is 0 Å². The maximum absolute atomic E-state index is 5.98. The minimum absolute atomic E-state index is 0.0979. The Bertz CT molecular complexity index is 774. The number of ether oxygens (including phenoxy) is 1. The lowest BCUT2D eigenvalue weighted by Crippen LogP contribution is -2.05. The molecular formula is C13H11ClN6O. The molecule has 2 aromatic heterocycles. The van der Waals surface area contributed by atoms with E-state index in [0.29, 0.717) is 11.8 Å². The third kappa shape index (κ3) is 2.68. The van der Waals surface area contributed by atoms with Crippen LogP contribution < -0.4 is 4.74 Å². The molecular weight excluding hydrogens is 292 g/mol. The Morgan fingerprint density at radius 1 is 1.19 bits per heavy atom. The van der Waals surface area contributed by atoms with E-state index >= 15 is 0 Å². The number of aromatic nitrogens is 6. The van der Waals surface area contributed by atoms with Crippen LogP contribution in [0.5, 0.6) is 5.75 Å². The van der Waals surface area contributed by atoms with Gasteiger partial charge in [0.1, 0.15) is 18.4 Å². The highest BCUT2D eigenvalue weighted by Gasteiger charge is 2.12. The Hall–Kier alpha value is -2.54. The molecule has 7 nitrogen and oxygen atoms in total. The van der Waals surface area contributed by atoms with Crippen LogP contribution in [0.25, 0.3) is 17.3 Å². The molecule has 0 spiro atoms. The summed E-state index contributed by atoms with van der Waals surface area (Å²) in [6.07, 6.45) is 2.90. The Labute approximate surface area is 125 Å². The van der Waals surface area contributed by atoms with Gasteiger partial charge in [-0.3, -0.25) is 0 Å². The van der Waals surface area contributed by atoms with E-state index < -0.39 is 0 Å². The lowest BCUT2D eigenvalue weighted by atomic mass is 10.1. The number of hydrogen-bond acceptors (Lipinski definition) is 6. The molecule has 0 fully saturated rings. The Balaban J connectivity index is 2.10. The molecule has 106 valence electrons. The lowest BCUT2D eigenvalue weighted by Gasteiger charge is -2.08. The van der Waals surface area contributed by atoms with Crippen LogP contribution in [0.1, 0.15) is 5.56 Å². The highest BCUT2D eigenvalue weighted by Crippen LogP contribution is 2.25. The van der Waals surface area contributed by atoms with E-state index in [1.165, 1.54) is 17.3 Å². The molecule has 0 aliphatic heterocycles. The summed E-state index contributed by atoms with van der Waals surface area (Å²) in [6.45, 7) is 1.95. The summed E-state index contributed by atoms with van der Waals surface area (Å²) >= 11 is 5.98. The molecule has 21 heavy (non-hydrogen) atoms. The monoisotopic (exact) mass is 302 g/mol. The molecule has 0 atom stereocenters. The van der Waals surface area contributed by atoms with Crippen molar-refractivity contribution in [2.24, 2.45) is 0 Å². The van der Waals surface area contributed by atoms with Crippen LogP contribution in [0.4, 0.5) is 0 Å². The van der Waals surface area contributed by atoms with Crippen molar-refractivity contribution < 1.29 is 4.74 Å². The van der Waals surface area contributed by atoms with Crippen molar-refractivity contribution in [3.8, 4) is 23.1 Å². The Kier molecular flexibility index (Phi) is 3.49. The molecule has 0 saturated heterocycles. The molecule has 1 aromatic carbocycles. The first kappa shape index (κ1) is 13.4. The molecule has 0 saturated carbocycles. The second-order valence-electron chi connectivity index (χ2n) is 4.25. The van der Waals surface area contributed by atoms with Crippen LogP contribution in [0.15, 0.2) is 30.9 Å². The maximum Gasteiger partial charge on any atom is 0.256 e. The summed E-state index contributed by atoms with van der Waals surface area (Å²) in [4.78, 5) is 16.5. The lowest BCUT2D eigenvalue weighted by molar-refractivity contribution is 0.414. The van der Waals surface area contributed by atoms with Gasteiger partial charge in [-0.1, -0.05) is 0 Å². The van der Waals surface area contributed by atoms with Gasteiger partial charge >= 0.3 is 0 Å². The van der Waals surface area contributed by atoms with Gasteiger partial charge in [0.25, 0.3) is 5.95 Å². The normalized spacial score (nSPS) is 10.6. The minimum Gasteiger partial charge on any atom is -0.497 e. The molecule has 8 heteroatoms. The molecule has 0 aliphatic carbocycles. The fourth-order valence-corrected chi connectivity index (χ4v) is 2.04. The molecule has 3 aromatic rings. The zero-order chi connectivity index (χ0) is 14.8. The molecule has 0 unspecified atom stereocenters. The fourth-order valence-electron chi connectivity index (χ4n) is 1.89. The van der Waals surface area contributed by atoms with Gasteiger partial charge in [-0.15, -0.1) is 0 Å². The largest absolute Gasteiger partial charge is 0.497 e. The maximum atomic E-state index is 5.98. The fraction of sp³-hybridized carbons (Fsp3) is 0.154. The van der Waals surface area contributed by atoms with E-state index in [1.54, 1.807) is 7.11 Å². The number of rotatable bonds is 3. The second kappa shape index (κ2) is 5.45. The standard InChI is InChI=1S/C13H11ClN6O/c1-8-5-9(21-2)3-4-10(8)11-17-12(14)19-13(18-11)20-7-15-6-16-20/h3-7H,1-2H3. The number of aryl methyl sites for hydroxylation is 1. The zero-order valence-electron chi connectivity index (χ0n) is 11.4. The third-order valence-electron chi connectivity index (χ3n) is 2.89. The van der Waals surface area contributed by atoms with Crippen LogP contribution >= 0.6 is 11.6 Å². The molecule has 0 aliphatic rings. The molecule has 3 rings (SSSR count). The second-order valence-corrected chi connectivity index (χ2v) is 4.59. The van der Waals surface area contributed by atoms with E-state index in [2.05, 4.69) is 25.0 Å². The van der Waals surface area contributed by atoms with Crippen LogP contribution in [0, 0.1) is 6.92 Å². The highest BCUT2D eigenvalue weighted by molar-refractivity contribution is 6.28. The van der Waals surface area contributed by atoms with Gasteiger partial charge in [0.05, 0.1) is 7.11 Å². The first-order valence-corrected chi connectivity index (χ1v) is 6.47. The van der Waals surface area contributed by atoms with Gasteiger partial charge in [-0.25, -0.2) is 4.98 Å². The molecule has 0 amide bonds. The van der Waals surface area contributed by atoms with Crippen LogP contribution in [0.2, 0.25) is 5.28 Å². The van der Waals surface area contributed by atoms with E-state index in [4.69, 9.17) is 16.3 Å². The zero-order valence-corrected chi connectivity index (χ0v) is 12.1. The van der Waals surface area contributed by atoms with E-state index in [-0.39, 0.29) is 5.28 Å². The quantitative estimate of drug-likeness (QED) is 0.737. The number of benzene rings is 1. The van der Waals surface area contributed by atoms with Crippen molar-refractivity contribution in [2.45, 2.75) is 6.92 Å². The van der Waals surface area contributed by atoms with Crippen molar-refractivity contribution in [3.05, 3.63) is 41.7 Å². The highest BCUT2D eigenvalue weighted by atomic mass is 35.5. The topological polar surface area (TPSA) is 78.6 Å². The van der Waals surface area contributed by atoms with Crippen LogP contribution in [-0.2, 0) is 0 Å².